The van der Waals surface area contributed by atoms with Gasteiger partial charge >= 0.3 is 5.91 Å². The summed E-state index contributed by atoms with van der Waals surface area (Å²) in [7, 11) is 0. The number of aromatic nitrogens is 4. The molecule has 1 aliphatic rings. The number of quaternary nitrogens is 1. The molecule has 7 N–H and O–H groups in total. The Bertz CT molecular complexity index is 1180. The molecule has 1 aliphatic heterocycles. The Morgan fingerprint density at radius 1 is 1.19 bits per heavy atom. The van der Waals surface area contributed by atoms with Crippen molar-refractivity contribution < 1.29 is 30.7 Å². The molecular formula is C25H36N7O5+. The van der Waals surface area contributed by atoms with Crippen LogP contribution in [0.5, 0.6) is 0 Å². The van der Waals surface area contributed by atoms with Gasteiger partial charge in [0, 0.05) is 19.0 Å². The van der Waals surface area contributed by atoms with Crippen LogP contribution in [0.15, 0.2) is 43.0 Å². The predicted octanol–water partition coefficient (Wildman–Crippen LogP) is 0.192. The maximum absolute atomic E-state index is 12.4. The number of nitrogens with one attached hydrogen (secondary N) is 1. The number of aliphatic hydroxyl groups is 2. The molecule has 12 heteroatoms. The number of aryl methyl sites for hydroxylation is 1. The summed E-state index contributed by atoms with van der Waals surface area (Å²) in [6.45, 7) is 4.59. The van der Waals surface area contributed by atoms with Crippen LogP contribution in [-0.4, -0.2) is 82.9 Å². The third kappa shape index (κ3) is 6.05. The van der Waals surface area contributed by atoms with Gasteiger partial charge in [-0.1, -0.05) is 44.2 Å². The average Bonchev–Trinajstić information content (AvgIpc) is 3.46. The molecule has 1 saturated heterocycles. The summed E-state index contributed by atoms with van der Waals surface area (Å²) < 4.78 is 7.68. The zero-order valence-electron chi connectivity index (χ0n) is 21.1. The fraction of sp³-hybridized carbons (Fsp3) is 0.520. The van der Waals surface area contributed by atoms with E-state index in [1.165, 1.54) is 6.33 Å². The summed E-state index contributed by atoms with van der Waals surface area (Å²) >= 11 is 0. The van der Waals surface area contributed by atoms with Crippen molar-refractivity contribution in [2.75, 3.05) is 11.9 Å². The van der Waals surface area contributed by atoms with Gasteiger partial charge in [-0.3, -0.25) is 10.0 Å². The van der Waals surface area contributed by atoms with Crippen molar-refractivity contribution in [3.63, 3.8) is 0 Å². The Balaban J connectivity index is 1.35. The predicted molar refractivity (Wildman–Crippen MR) is 134 cm³/mol. The van der Waals surface area contributed by atoms with Crippen LogP contribution in [0.2, 0.25) is 0 Å². The van der Waals surface area contributed by atoms with Crippen LogP contribution in [0.1, 0.15) is 32.3 Å². The number of carbonyl (C=O) groups excluding carboxylic acids is 1. The van der Waals surface area contributed by atoms with Crippen molar-refractivity contribution in [1.29, 1.82) is 0 Å². The van der Waals surface area contributed by atoms with E-state index in [9.17, 15) is 20.2 Å². The van der Waals surface area contributed by atoms with Gasteiger partial charge in [0.25, 0.3) is 0 Å². The molecule has 1 amide bonds. The molecule has 0 unspecified atom stereocenters. The third-order valence-electron chi connectivity index (χ3n) is 7.08. The molecule has 1 aromatic carbocycles. The maximum Gasteiger partial charge on any atom is 0.304 e. The molecule has 37 heavy (non-hydrogen) atoms. The Kier molecular flexibility index (Phi) is 8.67. The molecule has 4 rings (SSSR count). The Morgan fingerprint density at radius 2 is 1.92 bits per heavy atom. The molecule has 200 valence electrons. The summed E-state index contributed by atoms with van der Waals surface area (Å²) in [5.74, 6) is 0.0798. The van der Waals surface area contributed by atoms with E-state index >= 15 is 0 Å². The highest BCUT2D eigenvalue weighted by Crippen LogP contribution is 2.26. The molecule has 0 aliphatic carbocycles. The van der Waals surface area contributed by atoms with E-state index in [1.807, 2.05) is 48.7 Å². The Morgan fingerprint density at radius 3 is 2.65 bits per heavy atom. The van der Waals surface area contributed by atoms with Gasteiger partial charge in [0.15, 0.2) is 17.5 Å². The number of carbonyl (C=O) groups is 1. The van der Waals surface area contributed by atoms with E-state index in [-0.39, 0.29) is 12.5 Å². The molecule has 0 bridgehead atoms. The Labute approximate surface area is 215 Å². The molecule has 3 heterocycles. The van der Waals surface area contributed by atoms with Crippen LogP contribution in [0, 0.1) is 5.92 Å². The fourth-order valence-corrected chi connectivity index (χ4v) is 4.42. The number of anilines is 1. The second-order valence-electron chi connectivity index (χ2n) is 9.57. The first-order chi connectivity index (χ1) is 17.8. The molecule has 0 spiro atoms. The van der Waals surface area contributed by atoms with Gasteiger partial charge in [0.1, 0.15) is 30.2 Å². The number of rotatable bonds is 11. The summed E-state index contributed by atoms with van der Waals surface area (Å²) in [5.41, 5.74) is 6.22. The molecule has 0 saturated carbocycles. The lowest BCUT2D eigenvalue weighted by Crippen LogP contribution is -2.70. The van der Waals surface area contributed by atoms with Crippen LogP contribution in [0.25, 0.3) is 11.2 Å². The summed E-state index contributed by atoms with van der Waals surface area (Å²) in [4.78, 5) is 25.6. The number of benzene rings is 1. The monoisotopic (exact) mass is 514 g/mol. The summed E-state index contributed by atoms with van der Waals surface area (Å²) in [6, 6.07) is 9.34. The van der Waals surface area contributed by atoms with Crippen LogP contribution >= 0.6 is 0 Å². The lowest BCUT2D eigenvalue weighted by Gasteiger charge is -2.24. The molecule has 1 fully saturated rings. The van der Waals surface area contributed by atoms with E-state index < -0.39 is 36.4 Å². The van der Waals surface area contributed by atoms with Gasteiger partial charge in [0.2, 0.25) is 0 Å². The molecule has 6 atom stereocenters. The fourth-order valence-electron chi connectivity index (χ4n) is 4.42. The van der Waals surface area contributed by atoms with Crippen molar-refractivity contribution in [2.45, 2.75) is 70.2 Å². The normalized spacial score (nSPS) is 23.2. The summed E-state index contributed by atoms with van der Waals surface area (Å²) in [6.07, 6.45) is 0.214. The van der Waals surface area contributed by atoms with Crippen LogP contribution < -0.4 is 11.1 Å². The quantitative estimate of drug-likeness (QED) is 0.177. The van der Waals surface area contributed by atoms with Crippen molar-refractivity contribution in [1.82, 2.24) is 24.6 Å². The first-order valence-corrected chi connectivity index (χ1v) is 12.6. The number of amides is 1. The minimum Gasteiger partial charge on any atom is -0.388 e. The highest BCUT2D eigenvalue weighted by molar-refractivity contribution is 5.82. The third-order valence-corrected chi connectivity index (χ3v) is 7.08. The first-order valence-electron chi connectivity index (χ1n) is 12.6. The maximum atomic E-state index is 12.4. The van der Waals surface area contributed by atoms with Gasteiger partial charge in [-0.25, -0.2) is 20.0 Å². The van der Waals surface area contributed by atoms with Crippen molar-refractivity contribution in [2.24, 2.45) is 5.92 Å². The minimum atomic E-state index is -1.24. The lowest BCUT2D eigenvalue weighted by atomic mass is 9.99. The highest BCUT2D eigenvalue weighted by atomic mass is 16.6. The van der Waals surface area contributed by atoms with Crippen LogP contribution in [0.3, 0.4) is 0 Å². The van der Waals surface area contributed by atoms with Crippen molar-refractivity contribution >= 4 is 22.9 Å². The number of ether oxygens (including phenoxy) is 1. The number of hydrogen-bond donors (Lipinski definition) is 5. The average molecular weight is 515 g/mol. The second kappa shape index (κ2) is 11.9. The molecule has 2 aromatic heterocycles. The standard InChI is InChI=1S/C25H35N7O5/c1-3-15(2)19(26)25(35)32(36)12-18-22(34)21(33)17(37-18)9-10-31-14-30-20-23(28-13-29-24(20)31)27-11-16-7-5-4-6-8-16/h4-8,13-15,17-19,21-22,33-34,36H,3,9-12,26H2,1-2H3,(H,27,28,29)/p+1/t15-,17-,18+,19-,21-,22+/m0/s1. The smallest absolute Gasteiger partial charge is 0.304 e. The molecule has 0 radical (unpaired) electrons. The van der Waals surface area contributed by atoms with Crippen molar-refractivity contribution in [3.05, 3.63) is 48.5 Å². The Hall–Kier alpha value is -3.16. The summed E-state index contributed by atoms with van der Waals surface area (Å²) in [5, 5.41) is 35.1. The van der Waals surface area contributed by atoms with Crippen molar-refractivity contribution in [3.8, 4) is 0 Å². The van der Waals surface area contributed by atoms with Crippen LogP contribution in [-0.2, 0) is 22.6 Å². The van der Waals surface area contributed by atoms with E-state index in [4.69, 9.17) is 4.74 Å². The second-order valence-corrected chi connectivity index (χ2v) is 9.57. The highest BCUT2D eigenvalue weighted by Gasteiger charge is 2.44. The zero-order valence-corrected chi connectivity index (χ0v) is 21.1. The zero-order chi connectivity index (χ0) is 26.5. The van der Waals surface area contributed by atoms with Gasteiger partial charge in [-0.2, -0.15) is 0 Å². The molecule has 3 aromatic rings. The topological polar surface area (TPSA) is 174 Å². The number of hydrogen-bond acceptors (Lipinski definition) is 9. The number of fused-ring (bicyclic) bond motifs is 1. The largest absolute Gasteiger partial charge is 0.388 e. The number of nitrogens with zero attached hydrogens (tertiary/aromatic N) is 5. The number of hydroxylamine groups is 2. The van der Waals surface area contributed by atoms with Gasteiger partial charge in [-0.15, -0.1) is 0 Å². The molecular weight excluding hydrogens is 478 g/mol. The SMILES string of the molecule is CC[C@H](C)[C@H]([NH3+])C(=O)N(O)C[C@H]1O[C@@H](CCn2cnc3c(NCc4ccccc4)ncnc32)[C@H](O)[C@@H]1O. The van der Waals surface area contributed by atoms with Gasteiger partial charge in [0.05, 0.1) is 19.0 Å². The van der Waals surface area contributed by atoms with Gasteiger partial charge < -0.3 is 30.6 Å². The van der Waals surface area contributed by atoms with E-state index in [1.54, 1.807) is 6.33 Å². The van der Waals surface area contributed by atoms with E-state index in [2.05, 4.69) is 26.0 Å². The lowest BCUT2D eigenvalue weighted by molar-refractivity contribution is -0.420. The molecule has 12 nitrogen and oxygen atoms in total. The minimum absolute atomic E-state index is 0.00206. The number of aliphatic hydroxyl groups excluding tert-OH is 2. The first kappa shape index (κ1) is 26.9. The van der Waals surface area contributed by atoms with E-state index in [0.29, 0.717) is 41.6 Å². The van der Waals surface area contributed by atoms with Gasteiger partial charge in [-0.05, 0) is 18.4 Å². The van der Waals surface area contributed by atoms with E-state index in [0.717, 1.165) is 12.0 Å². The van der Waals surface area contributed by atoms with Crippen LogP contribution in [0.4, 0.5) is 5.82 Å². The number of imidazole rings is 1.